The lowest BCUT2D eigenvalue weighted by molar-refractivity contribution is -0.134. The van der Waals surface area contributed by atoms with E-state index in [1.165, 1.54) is 7.11 Å². The van der Waals surface area contributed by atoms with Crippen LogP contribution in [0.2, 0.25) is 0 Å². The number of morpholine rings is 1. The fraction of sp³-hybridized carbons (Fsp3) is 0.396. The molecule has 0 radical (unpaired) electrons. The molecule has 2 aromatic carbocycles. The second kappa shape index (κ2) is 19.6. The van der Waals surface area contributed by atoms with Gasteiger partial charge in [0.2, 0.25) is 17.7 Å². The van der Waals surface area contributed by atoms with E-state index in [1.807, 2.05) is 58.3 Å². The normalized spacial score (nSPS) is 13.3. The Balaban J connectivity index is 1.12. The van der Waals surface area contributed by atoms with Crippen LogP contribution >= 0.6 is 0 Å². The molecule has 7 heterocycles. The molecule has 1 saturated heterocycles. The van der Waals surface area contributed by atoms with Gasteiger partial charge in [0.05, 0.1) is 49.4 Å². The standard InChI is InChI=1S/C48H56N14O7/c1-6-61-36(19-28(3)55-61)45-51-25-34-32-21-30(43(49)65)23-38(67-5)41(32)59(47(34)53-45)12-10-58(40(64)27-63)11-13-60-42-33(35-26-52-46(54-48(35)60)37-20-29(4)56-62(37)7-2)22-31(44(50)66)24-39(42)69-16-8-9-57-14-17-68-18-15-57/h19-26,63H,6-18,27H2,1-5H3,(H2,49,65)(H2,50,66). The van der Waals surface area contributed by atoms with Crippen LogP contribution in [0.25, 0.3) is 66.9 Å². The number of carbonyl (C=O) groups excluding carboxylic acids is 3. The van der Waals surface area contributed by atoms with Crippen LogP contribution in [0.3, 0.4) is 0 Å². The summed E-state index contributed by atoms with van der Waals surface area (Å²) in [4.78, 5) is 62.9. The Morgan fingerprint density at radius 1 is 0.725 bits per heavy atom. The predicted octanol–water partition coefficient (Wildman–Crippen LogP) is 3.69. The lowest BCUT2D eigenvalue weighted by atomic mass is 10.1. The van der Waals surface area contributed by atoms with Gasteiger partial charge >= 0.3 is 0 Å². The average Bonchev–Trinajstić information content (AvgIpc) is 4.11. The lowest BCUT2D eigenvalue weighted by Gasteiger charge is -2.26. The highest BCUT2D eigenvalue weighted by atomic mass is 16.5. The second-order valence-electron chi connectivity index (χ2n) is 17.0. The maximum atomic E-state index is 13.9. The molecule has 6 aromatic heterocycles. The van der Waals surface area contributed by atoms with Crippen LogP contribution in [0.5, 0.6) is 11.5 Å². The zero-order valence-corrected chi connectivity index (χ0v) is 39.4. The number of primary amides is 2. The zero-order chi connectivity index (χ0) is 48.5. The van der Waals surface area contributed by atoms with Crippen molar-refractivity contribution in [1.29, 1.82) is 0 Å². The number of nitrogens with two attached hydrogens (primary N) is 2. The molecule has 5 N–H and O–H groups in total. The van der Waals surface area contributed by atoms with Crippen molar-refractivity contribution in [3.05, 3.63) is 71.3 Å². The first-order chi connectivity index (χ1) is 33.4. The molecular weight excluding hydrogens is 885 g/mol. The number of benzene rings is 2. The van der Waals surface area contributed by atoms with Crippen LogP contribution in [-0.2, 0) is 35.7 Å². The van der Waals surface area contributed by atoms with Crippen LogP contribution < -0.4 is 20.9 Å². The van der Waals surface area contributed by atoms with Crippen molar-refractivity contribution in [2.75, 3.05) is 66.3 Å². The summed E-state index contributed by atoms with van der Waals surface area (Å²) in [5.74, 6) is -0.0641. The number of carbonyl (C=O) groups is 3. The van der Waals surface area contributed by atoms with Crippen LogP contribution in [0.15, 0.2) is 48.8 Å². The summed E-state index contributed by atoms with van der Waals surface area (Å²) in [5, 5.41) is 22.3. The Morgan fingerprint density at radius 3 is 1.71 bits per heavy atom. The molecule has 360 valence electrons. The molecule has 0 saturated carbocycles. The van der Waals surface area contributed by atoms with E-state index in [0.29, 0.717) is 99.9 Å². The van der Waals surface area contributed by atoms with Gasteiger partial charge in [-0.1, -0.05) is 0 Å². The first-order valence-electron chi connectivity index (χ1n) is 23.1. The van der Waals surface area contributed by atoms with Gasteiger partial charge in [0.1, 0.15) is 40.8 Å². The maximum absolute atomic E-state index is 13.9. The number of hydrogen-bond acceptors (Lipinski definition) is 14. The Labute approximate surface area is 396 Å². The minimum atomic E-state index is -0.746. The minimum Gasteiger partial charge on any atom is -0.495 e. The van der Waals surface area contributed by atoms with Crippen molar-refractivity contribution in [3.63, 3.8) is 0 Å². The summed E-state index contributed by atoms with van der Waals surface area (Å²) in [6.07, 6.45) is 4.16. The van der Waals surface area contributed by atoms with Crippen LogP contribution in [0, 0.1) is 13.8 Å². The largest absolute Gasteiger partial charge is 0.495 e. The lowest BCUT2D eigenvalue weighted by Crippen LogP contribution is -2.38. The third-order valence-corrected chi connectivity index (χ3v) is 12.6. The number of aliphatic hydroxyl groups is 1. The summed E-state index contributed by atoms with van der Waals surface area (Å²) < 4.78 is 25.5. The number of aromatic nitrogens is 10. The first kappa shape index (κ1) is 46.6. The smallest absolute Gasteiger partial charge is 0.248 e. The molecule has 1 aliphatic rings. The molecule has 0 bridgehead atoms. The van der Waals surface area contributed by atoms with Gasteiger partial charge in [-0.2, -0.15) is 10.2 Å². The molecule has 21 nitrogen and oxygen atoms in total. The fourth-order valence-corrected chi connectivity index (χ4v) is 9.30. The highest BCUT2D eigenvalue weighted by molar-refractivity contribution is 6.13. The number of aryl methyl sites for hydroxylation is 4. The molecule has 1 fully saturated rings. The zero-order valence-electron chi connectivity index (χ0n) is 39.4. The minimum absolute atomic E-state index is 0.118. The van der Waals surface area contributed by atoms with Crippen molar-refractivity contribution in [2.24, 2.45) is 11.5 Å². The summed E-state index contributed by atoms with van der Waals surface area (Å²) in [7, 11) is 1.51. The molecule has 69 heavy (non-hydrogen) atoms. The van der Waals surface area contributed by atoms with E-state index >= 15 is 0 Å². The number of rotatable bonds is 19. The van der Waals surface area contributed by atoms with Gasteiger partial charge in [0.25, 0.3) is 0 Å². The predicted molar refractivity (Wildman–Crippen MR) is 258 cm³/mol. The molecular formula is C48H56N14O7. The molecule has 0 aliphatic carbocycles. The number of hydrogen-bond donors (Lipinski definition) is 3. The maximum Gasteiger partial charge on any atom is 0.248 e. The van der Waals surface area contributed by atoms with Crippen molar-refractivity contribution in [1.82, 2.24) is 58.4 Å². The van der Waals surface area contributed by atoms with Crippen molar-refractivity contribution >= 4 is 61.6 Å². The number of aliphatic hydroxyl groups excluding tert-OH is 1. The van der Waals surface area contributed by atoms with Crippen LogP contribution in [-0.4, -0.2) is 148 Å². The number of ether oxygens (including phenoxy) is 3. The monoisotopic (exact) mass is 940 g/mol. The second-order valence-corrected chi connectivity index (χ2v) is 17.0. The molecule has 0 spiro atoms. The highest BCUT2D eigenvalue weighted by Crippen LogP contribution is 2.38. The van der Waals surface area contributed by atoms with E-state index in [0.717, 1.165) is 48.8 Å². The fourth-order valence-electron chi connectivity index (χ4n) is 9.30. The molecule has 0 atom stereocenters. The van der Waals surface area contributed by atoms with E-state index in [9.17, 15) is 19.5 Å². The first-order valence-corrected chi connectivity index (χ1v) is 23.1. The van der Waals surface area contributed by atoms with E-state index in [4.69, 9.17) is 45.6 Å². The van der Waals surface area contributed by atoms with E-state index in [2.05, 4.69) is 15.1 Å². The number of fused-ring (bicyclic) bond motifs is 6. The van der Waals surface area contributed by atoms with Gasteiger partial charge in [-0.15, -0.1) is 0 Å². The van der Waals surface area contributed by atoms with Crippen LogP contribution in [0.4, 0.5) is 0 Å². The van der Waals surface area contributed by atoms with E-state index in [-0.39, 0.29) is 37.3 Å². The summed E-state index contributed by atoms with van der Waals surface area (Å²) in [5.41, 5.74) is 17.6. The van der Waals surface area contributed by atoms with Gasteiger partial charge in [0, 0.05) is 104 Å². The Kier molecular flexibility index (Phi) is 13.3. The van der Waals surface area contributed by atoms with Crippen molar-refractivity contribution < 1.29 is 33.7 Å². The molecule has 9 rings (SSSR count). The molecule has 1 aliphatic heterocycles. The van der Waals surface area contributed by atoms with Gasteiger partial charge < -0.3 is 44.8 Å². The summed E-state index contributed by atoms with van der Waals surface area (Å²) >= 11 is 0. The van der Waals surface area contributed by atoms with E-state index < -0.39 is 24.3 Å². The molecule has 0 unspecified atom stereocenters. The number of methoxy groups -OCH3 is 1. The van der Waals surface area contributed by atoms with Crippen molar-refractivity contribution in [3.8, 4) is 34.5 Å². The summed E-state index contributed by atoms with van der Waals surface area (Å²) in [6.45, 7) is 13.1. The molecule has 3 amide bonds. The Bertz CT molecular complexity index is 3250. The van der Waals surface area contributed by atoms with E-state index in [1.54, 1.807) is 41.6 Å². The van der Waals surface area contributed by atoms with Crippen molar-refractivity contribution in [2.45, 2.75) is 60.3 Å². The number of nitrogens with zero attached hydrogens (tertiary/aromatic N) is 12. The Hall–Kier alpha value is -7.49. The van der Waals surface area contributed by atoms with Crippen LogP contribution in [0.1, 0.15) is 52.4 Å². The topological polar surface area (TPSA) is 255 Å². The molecule has 8 aromatic rings. The van der Waals surface area contributed by atoms with Gasteiger partial charge in [0.15, 0.2) is 11.6 Å². The van der Waals surface area contributed by atoms with Gasteiger partial charge in [-0.05, 0) is 70.5 Å². The summed E-state index contributed by atoms with van der Waals surface area (Å²) in [6, 6.07) is 10.5. The Morgan fingerprint density at radius 2 is 1.23 bits per heavy atom. The number of amides is 3. The average molecular weight is 941 g/mol. The van der Waals surface area contributed by atoms with Gasteiger partial charge in [-0.25, -0.2) is 19.9 Å². The van der Waals surface area contributed by atoms with Gasteiger partial charge in [-0.3, -0.25) is 28.6 Å². The third kappa shape index (κ3) is 9.02. The quantitative estimate of drug-likeness (QED) is 0.0978. The molecule has 21 heteroatoms. The highest BCUT2D eigenvalue weighted by Gasteiger charge is 2.26. The third-order valence-electron chi connectivity index (χ3n) is 12.6. The SMILES string of the molecule is CCn1nc(C)cc1-c1ncc2c3cc(C(N)=O)cc(OC)c3n(CCN(CCn3c4nc(-c5cc(C)nn5CC)ncc4c4cc(C(N)=O)cc(OCCCN5CCOCC5)c43)C(=O)CO)c2n1.